The maximum absolute atomic E-state index is 4.70. The molecule has 0 radical (unpaired) electrons. The van der Waals surface area contributed by atoms with Crippen LogP contribution < -0.4 is 0 Å². The van der Waals surface area contributed by atoms with E-state index < -0.39 is 0 Å². The number of nitrogens with zero attached hydrogens (tertiary/aromatic N) is 5. The third kappa shape index (κ3) is 2.79. The van der Waals surface area contributed by atoms with Crippen LogP contribution in [0.4, 0.5) is 0 Å². The van der Waals surface area contributed by atoms with Crippen molar-refractivity contribution < 1.29 is 0 Å². The summed E-state index contributed by atoms with van der Waals surface area (Å²) in [4.78, 5) is 3.73. The van der Waals surface area contributed by atoms with Crippen LogP contribution in [0.5, 0.6) is 0 Å². The molecule has 0 spiro atoms. The molecule has 9 aromatic rings. The number of aryl methyl sites for hydroxylation is 1. The van der Waals surface area contributed by atoms with Gasteiger partial charge in [-0.1, -0.05) is 48.5 Å². The van der Waals surface area contributed by atoms with Gasteiger partial charge in [0.1, 0.15) is 26.9 Å². The Bertz CT molecular complexity index is 2220. The number of benzene rings is 4. The highest BCUT2D eigenvalue weighted by Crippen LogP contribution is 2.48. The molecule has 4 aromatic carbocycles. The van der Waals surface area contributed by atoms with E-state index in [1.165, 1.54) is 86.3 Å². The predicted octanol–water partition coefficient (Wildman–Crippen LogP) is 9.10. The molecule has 5 nitrogen and oxygen atoms in total. The zero-order chi connectivity index (χ0) is 25.0. The Hall–Kier alpha value is -3.76. The lowest BCUT2D eigenvalue weighted by Crippen LogP contribution is -1.84. The monoisotopic (exact) mass is 561 g/mol. The van der Waals surface area contributed by atoms with Crippen LogP contribution in [0.1, 0.15) is 0 Å². The van der Waals surface area contributed by atoms with Crippen LogP contribution in [0, 0.1) is 0 Å². The van der Waals surface area contributed by atoms with E-state index in [1.807, 2.05) is 22.7 Å². The van der Waals surface area contributed by atoms with E-state index in [-0.39, 0.29) is 0 Å². The minimum absolute atomic E-state index is 0.959. The van der Waals surface area contributed by atoms with Gasteiger partial charge in [0, 0.05) is 33.3 Å². The van der Waals surface area contributed by atoms with Crippen molar-refractivity contribution in [2.45, 2.75) is 0 Å². The molecule has 0 amide bonds. The fraction of sp³-hybridized carbons (Fsp3) is 0.0345. The Labute approximate surface area is 231 Å². The van der Waals surface area contributed by atoms with E-state index in [4.69, 9.17) is 8.75 Å². The molecule has 9 rings (SSSR count). The summed E-state index contributed by atoms with van der Waals surface area (Å²) in [6, 6.07) is 26.1. The Kier molecular flexibility index (Phi) is 4.26. The second kappa shape index (κ2) is 7.64. The average molecular weight is 562 g/mol. The summed E-state index contributed by atoms with van der Waals surface area (Å²) >= 11 is 6.25. The van der Waals surface area contributed by atoms with Crippen molar-refractivity contribution in [2.24, 2.45) is 7.05 Å². The third-order valence-corrected chi connectivity index (χ3v) is 10.9. The maximum atomic E-state index is 4.70. The fourth-order valence-electron chi connectivity index (χ4n) is 5.65. The van der Waals surface area contributed by atoms with Crippen LogP contribution in [-0.2, 0) is 7.05 Å². The van der Waals surface area contributed by atoms with Gasteiger partial charge in [0.2, 0.25) is 0 Å². The van der Waals surface area contributed by atoms with Crippen molar-refractivity contribution >= 4 is 110 Å². The number of thiophene rings is 2. The average Bonchev–Trinajstić information content (AvgIpc) is 3.76. The summed E-state index contributed by atoms with van der Waals surface area (Å²) in [5.41, 5.74) is 7.50. The molecule has 0 fully saturated rings. The molecule has 5 aromatic heterocycles. The van der Waals surface area contributed by atoms with Crippen LogP contribution in [0.15, 0.2) is 72.8 Å². The van der Waals surface area contributed by atoms with Gasteiger partial charge in [0.05, 0.1) is 33.7 Å². The first kappa shape index (κ1) is 21.2. The minimum atomic E-state index is 0.959. The Balaban J connectivity index is 1.33. The first-order valence-electron chi connectivity index (χ1n) is 12.0. The maximum Gasteiger partial charge on any atom is 0.114 e. The summed E-state index contributed by atoms with van der Waals surface area (Å²) in [5, 5.41) is 6.11. The van der Waals surface area contributed by atoms with Gasteiger partial charge in [0.15, 0.2) is 0 Å². The predicted molar refractivity (Wildman–Crippen MR) is 164 cm³/mol. The van der Waals surface area contributed by atoms with Gasteiger partial charge in [-0.15, -0.1) is 22.7 Å². The molecule has 0 aliphatic carbocycles. The Morgan fingerprint density at radius 2 is 1.18 bits per heavy atom. The van der Waals surface area contributed by atoms with Crippen molar-refractivity contribution in [3.8, 4) is 20.9 Å². The highest BCUT2D eigenvalue weighted by Gasteiger charge is 2.22. The van der Waals surface area contributed by atoms with Crippen LogP contribution in [0.3, 0.4) is 0 Å². The summed E-state index contributed by atoms with van der Waals surface area (Å²) in [6.07, 6.45) is 0. The SMILES string of the molecule is Cn1c2cc(-c3c4ccccc4cc4nsnc34)sc2c2cc(-c3c4ccccc4cc4nsnc34)sc21. The second-order valence-corrected chi connectivity index (χ2v) is 12.6. The number of hydrogen-bond donors (Lipinski definition) is 0. The van der Waals surface area contributed by atoms with E-state index in [0.29, 0.717) is 0 Å². The lowest BCUT2D eigenvalue weighted by Gasteiger charge is -2.05. The molecule has 0 saturated heterocycles. The number of rotatable bonds is 2. The molecule has 180 valence electrons. The molecule has 0 atom stereocenters. The lowest BCUT2D eigenvalue weighted by atomic mass is 10.0. The molecule has 0 N–H and O–H groups in total. The lowest BCUT2D eigenvalue weighted by molar-refractivity contribution is 1.03. The quantitative estimate of drug-likeness (QED) is 0.211. The van der Waals surface area contributed by atoms with E-state index >= 15 is 0 Å². The molecular formula is C29H15N5S4. The van der Waals surface area contributed by atoms with E-state index in [9.17, 15) is 0 Å². The number of fused-ring (bicyclic) bond motifs is 7. The smallest absolute Gasteiger partial charge is 0.114 e. The van der Waals surface area contributed by atoms with Crippen molar-refractivity contribution in [2.75, 3.05) is 0 Å². The zero-order valence-corrected chi connectivity index (χ0v) is 23.1. The third-order valence-electron chi connectivity index (χ3n) is 7.37. The molecular weight excluding hydrogens is 547 g/mol. The van der Waals surface area contributed by atoms with Gasteiger partial charge in [-0.3, -0.25) is 0 Å². The number of aromatic nitrogens is 5. The largest absolute Gasteiger partial charge is 0.335 e. The Morgan fingerprint density at radius 1 is 0.605 bits per heavy atom. The Morgan fingerprint density at radius 3 is 1.82 bits per heavy atom. The van der Waals surface area contributed by atoms with Gasteiger partial charge in [-0.25, -0.2) is 0 Å². The molecule has 0 saturated carbocycles. The molecule has 5 heterocycles. The minimum Gasteiger partial charge on any atom is -0.335 e. The second-order valence-electron chi connectivity index (χ2n) is 9.42. The summed E-state index contributed by atoms with van der Waals surface area (Å²) in [6.45, 7) is 0. The topological polar surface area (TPSA) is 56.5 Å². The first-order valence-corrected chi connectivity index (χ1v) is 15.1. The van der Waals surface area contributed by atoms with Gasteiger partial charge in [0.25, 0.3) is 0 Å². The van der Waals surface area contributed by atoms with E-state index in [1.54, 1.807) is 0 Å². The van der Waals surface area contributed by atoms with Crippen LogP contribution in [0.25, 0.3) is 84.9 Å². The van der Waals surface area contributed by atoms with Crippen LogP contribution >= 0.6 is 46.1 Å². The van der Waals surface area contributed by atoms with Crippen molar-refractivity contribution in [1.29, 1.82) is 0 Å². The molecule has 9 heteroatoms. The normalized spacial score (nSPS) is 12.3. The highest BCUT2D eigenvalue weighted by atomic mass is 32.1. The van der Waals surface area contributed by atoms with Crippen LogP contribution in [-0.4, -0.2) is 22.1 Å². The summed E-state index contributed by atoms with van der Waals surface area (Å²) < 4.78 is 22.2. The molecule has 0 bridgehead atoms. The summed E-state index contributed by atoms with van der Waals surface area (Å²) in [5.74, 6) is 0. The van der Waals surface area contributed by atoms with Gasteiger partial charge in [-0.2, -0.15) is 17.5 Å². The zero-order valence-electron chi connectivity index (χ0n) is 19.8. The van der Waals surface area contributed by atoms with Crippen molar-refractivity contribution in [1.82, 2.24) is 22.1 Å². The van der Waals surface area contributed by atoms with Gasteiger partial charge >= 0.3 is 0 Å². The van der Waals surface area contributed by atoms with Crippen LogP contribution in [0.2, 0.25) is 0 Å². The summed E-state index contributed by atoms with van der Waals surface area (Å²) in [7, 11) is 2.17. The molecule has 38 heavy (non-hydrogen) atoms. The molecule has 0 aliphatic rings. The standard InChI is InChI=1S/C29H15N5S4/c1-34-21-13-23(25-17-9-5-3-7-15(17)11-20-27(25)33-38-31-20)35-28(21)18-12-22(36-29(18)34)24-16-8-4-2-6-14(16)10-19-26(24)32-37-30-19/h2-13H,1H3. The highest BCUT2D eigenvalue weighted by molar-refractivity contribution is 7.26. The van der Waals surface area contributed by atoms with Gasteiger partial charge < -0.3 is 4.57 Å². The first-order chi connectivity index (χ1) is 18.7. The fourth-order valence-corrected chi connectivity index (χ4v) is 9.25. The number of hydrogen-bond acceptors (Lipinski definition) is 8. The molecule has 0 unspecified atom stereocenters. The van der Waals surface area contributed by atoms with Crippen molar-refractivity contribution in [3.05, 3.63) is 72.8 Å². The van der Waals surface area contributed by atoms with E-state index in [0.717, 1.165) is 22.1 Å². The molecule has 0 aliphatic heterocycles. The van der Waals surface area contributed by atoms with E-state index in [2.05, 4.69) is 93.2 Å². The van der Waals surface area contributed by atoms with Gasteiger partial charge in [-0.05, 0) is 45.8 Å². The van der Waals surface area contributed by atoms with Crippen molar-refractivity contribution in [3.63, 3.8) is 0 Å².